The lowest BCUT2D eigenvalue weighted by Crippen LogP contribution is -2.35. The first-order chi connectivity index (χ1) is 15.8. The Hall–Kier alpha value is -3.63. The summed E-state index contributed by atoms with van der Waals surface area (Å²) in [6.45, 7) is 7.27. The van der Waals surface area contributed by atoms with Crippen LogP contribution in [0.1, 0.15) is 42.4 Å². The van der Waals surface area contributed by atoms with Gasteiger partial charge < -0.3 is 14.5 Å². The van der Waals surface area contributed by atoms with Crippen LogP contribution in [0.5, 0.6) is 5.75 Å². The van der Waals surface area contributed by atoms with Crippen LogP contribution in [0.3, 0.4) is 0 Å². The Bertz CT molecular complexity index is 1330. The first-order valence-corrected chi connectivity index (χ1v) is 10.2. The lowest BCUT2D eigenvalue weighted by atomic mass is 10.0. The molecule has 0 fully saturated rings. The van der Waals surface area contributed by atoms with Crippen molar-refractivity contribution in [1.29, 1.82) is 0 Å². The molecule has 0 aliphatic carbocycles. The van der Waals surface area contributed by atoms with Crippen molar-refractivity contribution in [2.45, 2.75) is 39.7 Å². The van der Waals surface area contributed by atoms with E-state index in [0.717, 1.165) is 5.56 Å². The van der Waals surface area contributed by atoms with E-state index in [2.05, 4.69) is 9.72 Å². The number of ether oxygens (including phenoxy) is 2. The van der Waals surface area contributed by atoms with E-state index in [1.807, 2.05) is 0 Å². The van der Waals surface area contributed by atoms with E-state index in [9.17, 15) is 31.5 Å². The number of nitrogens with zero attached hydrogens (tertiary/aromatic N) is 1. The van der Waals surface area contributed by atoms with E-state index in [4.69, 9.17) is 4.74 Å². The van der Waals surface area contributed by atoms with Crippen LogP contribution in [0.2, 0.25) is 0 Å². The van der Waals surface area contributed by atoms with Crippen LogP contribution in [0.15, 0.2) is 12.1 Å². The number of amides is 1. The monoisotopic (exact) mass is 482 g/mol. The summed E-state index contributed by atoms with van der Waals surface area (Å²) in [7, 11) is 0. The predicted octanol–water partition coefficient (Wildman–Crippen LogP) is 5.69. The van der Waals surface area contributed by atoms with E-state index in [1.165, 1.54) is 11.0 Å². The summed E-state index contributed by atoms with van der Waals surface area (Å²) in [4.78, 5) is 29.3. The number of rotatable bonds is 2. The van der Waals surface area contributed by atoms with Gasteiger partial charge in [0.2, 0.25) is 34.8 Å². The second kappa shape index (κ2) is 8.00. The molecule has 6 nitrogen and oxygen atoms in total. The molecule has 0 bridgehead atoms. The number of aryl methyl sites for hydroxylation is 1. The number of nitrogens with one attached hydrogen (secondary N) is 1. The van der Waals surface area contributed by atoms with Crippen LogP contribution in [-0.4, -0.2) is 29.2 Å². The third-order valence-electron chi connectivity index (χ3n) is 5.27. The average Bonchev–Trinajstić information content (AvgIpc) is 3.37. The summed E-state index contributed by atoms with van der Waals surface area (Å²) in [5.74, 6) is -14.4. The van der Waals surface area contributed by atoms with Crippen LogP contribution < -0.4 is 9.64 Å². The van der Waals surface area contributed by atoms with Gasteiger partial charge in [0.1, 0.15) is 11.3 Å². The Kier molecular flexibility index (Phi) is 5.53. The van der Waals surface area contributed by atoms with E-state index >= 15 is 0 Å². The predicted molar refractivity (Wildman–Crippen MR) is 112 cm³/mol. The van der Waals surface area contributed by atoms with Gasteiger partial charge in [-0.1, -0.05) is 0 Å². The van der Waals surface area contributed by atoms with E-state index in [1.54, 1.807) is 33.8 Å². The smallest absolute Gasteiger partial charge is 0.414 e. The van der Waals surface area contributed by atoms with Gasteiger partial charge >= 0.3 is 12.1 Å². The standard InChI is InChI=1S/C23H19F5N2O4/c1-9-7-13-10(5-6-30(13)22(32)34-23(2,3)4)11-8-12(29-19(9)11)21(31)33-20-17(27)15(25)14(24)16(26)18(20)28/h7-8,29H,5-6H2,1-4H3. The number of aromatic nitrogens is 1. The van der Waals surface area contributed by atoms with Crippen molar-refractivity contribution in [2.75, 3.05) is 11.4 Å². The van der Waals surface area contributed by atoms with Crippen LogP contribution in [-0.2, 0) is 11.2 Å². The average molecular weight is 482 g/mol. The van der Waals surface area contributed by atoms with Crippen molar-refractivity contribution in [2.24, 2.45) is 0 Å². The molecule has 0 atom stereocenters. The molecular formula is C23H19F5N2O4. The molecule has 0 saturated carbocycles. The maximum atomic E-state index is 13.9. The zero-order valence-electron chi connectivity index (χ0n) is 18.5. The molecule has 4 rings (SSSR count). The summed E-state index contributed by atoms with van der Waals surface area (Å²) < 4.78 is 77.9. The fourth-order valence-electron chi connectivity index (χ4n) is 3.79. The fourth-order valence-corrected chi connectivity index (χ4v) is 3.79. The first kappa shape index (κ1) is 23.5. The summed E-state index contributed by atoms with van der Waals surface area (Å²) in [5, 5.41) is 0.547. The molecule has 1 aromatic heterocycles. The topological polar surface area (TPSA) is 71.6 Å². The maximum absolute atomic E-state index is 13.9. The van der Waals surface area contributed by atoms with Crippen molar-refractivity contribution < 1.29 is 41.0 Å². The van der Waals surface area contributed by atoms with Crippen molar-refractivity contribution in [3.63, 3.8) is 0 Å². The van der Waals surface area contributed by atoms with Crippen molar-refractivity contribution in [1.82, 2.24) is 4.98 Å². The maximum Gasteiger partial charge on any atom is 0.414 e. The minimum absolute atomic E-state index is 0.272. The van der Waals surface area contributed by atoms with Crippen molar-refractivity contribution in [3.8, 4) is 5.75 Å². The number of hydrogen-bond acceptors (Lipinski definition) is 4. The van der Waals surface area contributed by atoms with Gasteiger partial charge in [-0.05, 0) is 57.4 Å². The zero-order valence-corrected chi connectivity index (χ0v) is 18.5. The highest BCUT2D eigenvalue weighted by Gasteiger charge is 2.32. The highest BCUT2D eigenvalue weighted by Crippen LogP contribution is 2.38. The highest BCUT2D eigenvalue weighted by atomic mass is 19.2. The number of fused-ring (bicyclic) bond motifs is 3. The Labute approximate surface area is 190 Å². The van der Waals surface area contributed by atoms with Gasteiger partial charge in [0.05, 0.1) is 5.69 Å². The molecule has 11 heteroatoms. The van der Waals surface area contributed by atoms with Crippen LogP contribution in [0.4, 0.5) is 32.4 Å². The summed E-state index contributed by atoms with van der Waals surface area (Å²) in [5.41, 5.74) is 1.46. The lowest BCUT2D eigenvalue weighted by Gasteiger charge is -2.25. The number of aromatic amines is 1. The zero-order chi connectivity index (χ0) is 25.1. The Morgan fingerprint density at radius 1 is 0.971 bits per heavy atom. The number of anilines is 1. The molecule has 1 aliphatic heterocycles. The molecule has 0 radical (unpaired) electrons. The molecule has 1 aliphatic rings. The minimum atomic E-state index is -2.36. The van der Waals surface area contributed by atoms with Gasteiger partial charge in [-0.25, -0.2) is 22.8 Å². The Morgan fingerprint density at radius 3 is 2.15 bits per heavy atom. The first-order valence-electron chi connectivity index (χ1n) is 10.2. The number of benzene rings is 2. The second-order valence-electron chi connectivity index (χ2n) is 8.83. The summed E-state index contributed by atoms with van der Waals surface area (Å²) in [6.07, 6.45) is -0.0958. The third kappa shape index (κ3) is 3.84. The molecule has 0 saturated heterocycles. The van der Waals surface area contributed by atoms with Crippen molar-refractivity contribution >= 4 is 28.7 Å². The van der Waals surface area contributed by atoms with Gasteiger partial charge in [-0.2, -0.15) is 8.78 Å². The number of H-pyrrole nitrogens is 1. The van der Waals surface area contributed by atoms with E-state index in [-0.39, 0.29) is 5.69 Å². The normalized spacial score (nSPS) is 13.4. The number of halogens is 5. The molecule has 1 amide bonds. The lowest BCUT2D eigenvalue weighted by molar-refractivity contribution is 0.0583. The van der Waals surface area contributed by atoms with Crippen LogP contribution in [0, 0.1) is 36.0 Å². The molecule has 0 unspecified atom stereocenters. The fraction of sp³-hybridized carbons (Fsp3) is 0.304. The van der Waals surface area contributed by atoms with Crippen LogP contribution >= 0.6 is 0 Å². The van der Waals surface area contributed by atoms with Gasteiger partial charge in [-0.15, -0.1) is 0 Å². The molecule has 2 heterocycles. The second-order valence-corrected chi connectivity index (χ2v) is 8.83. The van der Waals surface area contributed by atoms with Crippen molar-refractivity contribution in [3.05, 3.63) is 58.0 Å². The van der Waals surface area contributed by atoms with E-state index in [0.29, 0.717) is 35.1 Å². The Balaban J connectivity index is 1.70. The summed E-state index contributed by atoms with van der Waals surface area (Å²) in [6, 6.07) is 3.07. The molecule has 34 heavy (non-hydrogen) atoms. The molecule has 3 aromatic rings. The minimum Gasteiger partial charge on any atom is -0.443 e. The Morgan fingerprint density at radius 2 is 1.56 bits per heavy atom. The SMILES string of the molecule is Cc1cc2c(c3cc(C(=O)Oc4c(F)c(F)c(F)c(F)c4F)[nH]c13)CCN2C(=O)OC(C)(C)C. The molecule has 180 valence electrons. The largest absolute Gasteiger partial charge is 0.443 e. The van der Waals surface area contributed by atoms with Gasteiger partial charge in [0, 0.05) is 17.4 Å². The quantitative estimate of drug-likeness (QED) is 0.168. The van der Waals surface area contributed by atoms with Gasteiger partial charge in [0.25, 0.3) is 0 Å². The number of hydrogen-bond donors (Lipinski definition) is 1. The highest BCUT2D eigenvalue weighted by molar-refractivity contribution is 6.02. The van der Waals surface area contributed by atoms with Crippen LogP contribution in [0.25, 0.3) is 10.9 Å². The van der Waals surface area contributed by atoms with Gasteiger partial charge in [0.15, 0.2) is 0 Å². The third-order valence-corrected chi connectivity index (χ3v) is 5.27. The number of carbonyl (C=O) groups excluding carboxylic acids is 2. The molecular weight excluding hydrogens is 463 g/mol. The van der Waals surface area contributed by atoms with Gasteiger partial charge in [-0.3, -0.25) is 4.90 Å². The molecule has 2 aromatic carbocycles. The molecule has 0 spiro atoms. The summed E-state index contributed by atoms with van der Waals surface area (Å²) >= 11 is 0. The van der Waals surface area contributed by atoms with E-state index < -0.39 is 52.5 Å². The molecule has 1 N–H and O–H groups in total. The number of esters is 1. The number of carbonyl (C=O) groups is 2.